The lowest BCUT2D eigenvalue weighted by Gasteiger charge is -2.05. The molecule has 2 aromatic carbocycles. The largest absolute Gasteiger partial charge is 0.419 e. The minimum Gasteiger partial charge on any atom is -0.408 e. The van der Waals surface area contributed by atoms with Gasteiger partial charge in [0.25, 0.3) is 0 Å². The summed E-state index contributed by atoms with van der Waals surface area (Å²) in [4.78, 5) is 23.8. The van der Waals surface area contributed by atoms with Crippen molar-refractivity contribution in [3.05, 3.63) is 64.4 Å². The van der Waals surface area contributed by atoms with Crippen LogP contribution < -0.4 is 11.1 Å². The summed E-state index contributed by atoms with van der Waals surface area (Å²) in [6, 6.07) is 11.5. The molecule has 4 rings (SSSR count). The van der Waals surface area contributed by atoms with Gasteiger partial charge in [-0.3, -0.25) is 9.36 Å². The van der Waals surface area contributed by atoms with Gasteiger partial charge < -0.3 is 9.73 Å². The number of aromatic nitrogens is 1. The van der Waals surface area contributed by atoms with Crippen LogP contribution in [0.25, 0.3) is 11.1 Å². The Kier molecular flexibility index (Phi) is 3.26. The molecular weight excluding hydrogens is 311 g/mol. The van der Waals surface area contributed by atoms with Crippen molar-refractivity contribution < 1.29 is 13.6 Å². The number of carbonyl (C=O) groups excluding carboxylic acids is 1. The molecule has 1 heterocycles. The van der Waals surface area contributed by atoms with Gasteiger partial charge in [-0.15, -0.1) is 0 Å². The van der Waals surface area contributed by atoms with Crippen LogP contribution in [0.1, 0.15) is 17.9 Å². The average Bonchev–Trinajstić information content (AvgIpc) is 3.30. The number of carbonyl (C=O) groups is 1. The summed E-state index contributed by atoms with van der Waals surface area (Å²) in [7, 11) is 1.63. The fourth-order valence-corrected chi connectivity index (χ4v) is 3.04. The number of anilines is 1. The first kappa shape index (κ1) is 14.7. The number of hydrogen-bond donors (Lipinski definition) is 1. The van der Waals surface area contributed by atoms with E-state index in [1.807, 2.05) is 6.07 Å². The van der Waals surface area contributed by atoms with E-state index in [0.29, 0.717) is 23.2 Å². The molecule has 5 nitrogen and oxygen atoms in total. The molecule has 1 aliphatic rings. The zero-order valence-corrected chi connectivity index (χ0v) is 13.0. The van der Waals surface area contributed by atoms with Gasteiger partial charge in [0.05, 0.1) is 5.52 Å². The number of rotatable bonds is 3. The molecular formula is C18H15FN2O3. The smallest absolute Gasteiger partial charge is 0.408 e. The number of nitrogens with one attached hydrogen (secondary N) is 1. The van der Waals surface area contributed by atoms with Gasteiger partial charge in [-0.1, -0.05) is 12.1 Å². The molecule has 2 atom stereocenters. The zero-order chi connectivity index (χ0) is 16.8. The number of aryl methyl sites for hydroxylation is 1. The molecule has 1 saturated carbocycles. The molecule has 2 unspecified atom stereocenters. The molecule has 122 valence electrons. The zero-order valence-electron chi connectivity index (χ0n) is 13.0. The Balaban J connectivity index is 1.50. The molecule has 0 radical (unpaired) electrons. The van der Waals surface area contributed by atoms with Crippen LogP contribution in [-0.2, 0) is 11.8 Å². The Morgan fingerprint density at radius 2 is 2.12 bits per heavy atom. The maximum atomic E-state index is 13.3. The van der Waals surface area contributed by atoms with Gasteiger partial charge in [-0.25, -0.2) is 9.18 Å². The van der Waals surface area contributed by atoms with Gasteiger partial charge in [0.15, 0.2) is 5.58 Å². The molecule has 1 aromatic heterocycles. The number of halogens is 1. The maximum Gasteiger partial charge on any atom is 0.419 e. The van der Waals surface area contributed by atoms with Crippen molar-refractivity contribution in [3.8, 4) is 0 Å². The molecule has 0 saturated heterocycles. The van der Waals surface area contributed by atoms with Crippen molar-refractivity contribution in [3.63, 3.8) is 0 Å². The number of hydrogen-bond acceptors (Lipinski definition) is 3. The molecule has 1 aliphatic carbocycles. The van der Waals surface area contributed by atoms with Crippen molar-refractivity contribution in [2.24, 2.45) is 13.0 Å². The van der Waals surface area contributed by atoms with Gasteiger partial charge in [0, 0.05) is 24.7 Å². The molecule has 0 aliphatic heterocycles. The van der Waals surface area contributed by atoms with Crippen LogP contribution in [0.4, 0.5) is 10.1 Å². The third-order valence-corrected chi connectivity index (χ3v) is 4.46. The summed E-state index contributed by atoms with van der Waals surface area (Å²) in [5.41, 5.74) is 2.52. The van der Waals surface area contributed by atoms with Crippen molar-refractivity contribution >= 4 is 22.7 Å². The number of benzene rings is 2. The first-order valence-electron chi connectivity index (χ1n) is 7.69. The van der Waals surface area contributed by atoms with E-state index in [1.165, 1.54) is 16.7 Å². The van der Waals surface area contributed by atoms with Crippen LogP contribution in [-0.4, -0.2) is 10.5 Å². The van der Waals surface area contributed by atoms with Crippen molar-refractivity contribution in [1.82, 2.24) is 4.57 Å². The van der Waals surface area contributed by atoms with Crippen molar-refractivity contribution in [1.29, 1.82) is 0 Å². The predicted octanol–water partition coefficient (Wildman–Crippen LogP) is 3.01. The van der Waals surface area contributed by atoms with E-state index in [-0.39, 0.29) is 23.6 Å². The van der Waals surface area contributed by atoms with Crippen LogP contribution in [0.3, 0.4) is 0 Å². The van der Waals surface area contributed by atoms with Crippen molar-refractivity contribution in [2.45, 2.75) is 12.3 Å². The fourth-order valence-electron chi connectivity index (χ4n) is 3.04. The minimum atomic E-state index is -0.443. The summed E-state index contributed by atoms with van der Waals surface area (Å²) >= 11 is 0. The highest BCUT2D eigenvalue weighted by atomic mass is 19.1. The predicted molar refractivity (Wildman–Crippen MR) is 87.3 cm³/mol. The summed E-state index contributed by atoms with van der Waals surface area (Å²) in [5.74, 6) is -0.948. The Labute approximate surface area is 136 Å². The van der Waals surface area contributed by atoms with Crippen LogP contribution in [0.15, 0.2) is 51.7 Å². The van der Waals surface area contributed by atoms with Gasteiger partial charge >= 0.3 is 5.76 Å². The summed E-state index contributed by atoms with van der Waals surface area (Å²) in [6.45, 7) is 0. The SMILES string of the molecule is Cn1c(=O)oc2cc(NC(=O)C3CC3c3cccc(F)c3)ccc21. The Hall–Kier alpha value is -2.89. The second-order valence-electron chi connectivity index (χ2n) is 6.10. The normalized spacial score (nSPS) is 19.4. The lowest BCUT2D eigenvalue weighted by atomic mass is 10.1. The van der Waals surface area contributed by atoms with Crippen LogP contribution in [0.2, 0.25) is 0 Å². The Bertz CT molecular complexity index is 1000. The Morgan fingerprint density at radius 1 is 1.29 bits per heavy atom. The molecule has 1 N–H and O–H groups in total. The second kappa shape index (κ2) is 5.33. The highest BCUT2D eigenvalue weighted by Gasteiger charge is 2.44. The first-order valence-corrected chi connectivity index (χ1v) is 7.69. The lowest BCUT2D eigenvalue weighted by molar-refractivity contribution is -0.117. The summed E-state index contributed by atoms with van der Waals surface area (Å²) < 4.78 is 19.8. The third-order valence-electron chi connectivity index (χ3n) is 4.46. The van der Waals surface area contributed by atoms with E-state index in [2.05, 4.69) is 5.32 Å². The van der Waals surface area contributed by atoms with Crippen LogP contribution in [0, 0.1) is 11.7 Å². The minimum absolute atomic E-state index is 0.0547. The molecule has 1 fully saturated rings. The van der Waals surface area contributed by atoms with Gasteiger partial charge in [-0.05, 0) is 42.2 Å². The monoisotopic (exact) mass is 326 g/mol. The molecule has 3 aromatic rings. The number of oxazole rings is 1. The molecule has 1 amide bonds. The fraction of sp³-hybridized carbons (Fsp3) is 0.222. The molecule has 6 heteroatoms. The maximum absolute atomic E-state index is 13.3. The first-order chi connectivity index (χ1) is 11.5. The topological polar surface area (TPSA) is 64.2 Å². The average molecular weight is 326 g/mol. The van der Waals surface area contributed by atoms with Gasteiger partial charge in [0.2, 0.25) is 5.91 Å². The van der Waals surface area contributed by atoms with Crippen LogP contribution in [0.5, 0.6) is 0 Å². The number of amides is 1. The molecule has 24 heavy (non-hydrogen) atoms. The standard InChI is InChI=1S/C18H15FN2O3/c1-21-15-6-5-12(8-16(15)24-18(21)23)20-17(22)14-9-13(14)10-3-2-4-11(19)7-10/h2-8,13-14H,9H2,1H3,(H,20,22). The third kappa shape index (κ3) is 2.50. The Morgan fingerprint density at radius 3 is 2.92 bits per heavy atom. The quantitative estimate of drug-likeness (QED) is 0.805. The van der Waals surface area contributed by atoms with Crippen LogP contribution >= 0.6 is 0 Å². The van der Waals surface area contributed by atoms with E-state index in [4.69, 9.17) is 4.42 Å². The van der Waals surface area contributed by atoms with E-state index < -0.39 is 5.76 Å². The highest BCUT2D eigenvalue weighted by molar-refractivity contribution is 5.96. The van der Waals surface area contributed by atoms with Gasteiger partial charge in [0.1, 0.15) is 5.82 Å². The lowest BCUT2D eigenvalue weighted by Crippen LogP contribution is -2.14. The van der Waals surface area contributed by atoms with E-state index >= 15 is 0 Å². The summed E-state index contributed by atoms with van der Waals surface area (Å²) in [6.07, 6.45) is 0.706. The van der Waals surface area contributed by atoms with Crippen molar-refractivity contribution in [2.75, 3.05) is 5.32 Å². The molecule has 0 bridgehead atoms. The summed E-state index contributed by atoms with van der Waals surface area (Å²) in [5, 5.41) is 2.84. The van der Waals surface area contributed by atoms with E-state index in [0.717, 1.165) is 5.56 Å². The van der Waals surface area contributed by atoms with Gasteiger partial charge in [-0.2, -0.15) is 0 Å². The van der Waals surface area contributed by atoms with E-state index in [1.54, 1.807) is 31.3 Å². The number of fused-ring (bicyclic) bond motifs is 1. The van der Waals surface area contributed by atoms with E-state index in [9.17, 15) is 14.0 Å². The second-order valence-corrected chi connectivity index (χ2v) is 6.10. The highest BCUT2D eigenvalue weighted by Crippen LogP contribution is 2.48. The number of nitrogens with zero attached hydrogens (tertiary/aromatic N) is 1. The molecule has 0 spiro atoms.